The number of aryl methyl sites for hydroxylation is 2. The monoisotopic (exact) mass is 283 g/mol. The second kappa shape index (κ2) is 5.19. The average Bonchev–Trinajstić information content (AvgIpc) is 2.25. The van der Waals surface area contributed by atoms with Crippen molar-refractivity contribution in [1.29, 1.82) is 0 Å². The van der Waals surface area contributed by atoms with E-state index in [4.69, 9.17) is 4.74 Å². The number of benzene rings is 1. The third kappa shape index (κ3) is 2.77. The van der Waals surface area contributed by atoms with Gasteiger partial charge in [0.15, 0.2) is 0 Å². The topological polar surface area (TPSA) is 21.3 Å². The first kappa shape index (κ1) is 11.9. The maximum atomic E-state index is 5.48. The van der Waals surface area contributed by atoms with Crippen LogP contribution in [-0.2, 0) is 4.74 Å². The van der Waals surface area contributed by atoms with Crippen LogP contribution in [0.25, 0.3) is 0 Å². The number of rotatable bonds is 2. The predicted octanol–water partition coefficient (Wildman–Crippen LogP) is 3.66. The molecule has 1 aromatic carbocycles. The molecule has 88 valence electrons. The molecule has 1 saturated heterocycles. The van der Waals surface area contributed by atoms with Crippen molar-refractivity contribution in [3.05, 3.63) is 27.7 Å². The van der Waals surface area contributed by atoms with E-state index in [0.717, 1.165) is 24.1 Å². The van der Waals surface area contributed by atoms with Crippen molar-refractivity contribution < 1.29 is 4.74 Å². The number of halogens is 1. The average molecular weight is 284 g/mol. The Bertz CT molecular complexity index is 349. The zero-order valence-electron chi connectivity index (χ0n) is 9.85. The van der Waals surface area contributed by atoms with Crippen LogP contribution in [-0.4, -0.2) is 19.3 Å². The molecule has 1 fully saturated rings. The predicted molar refractivity (Wildman–Crippen MR) is 71.1 cm³/mol. The Morgan fingerprint density at radius 3 is 2.81 bits per heavy atom. The Kier molecular flexibility index (Phi) is 3.87. The summed E-state index contributed by atoms with van der Waals surface area (Å²) in [5.74, 6) is 0. The van der Waals surface area contributed by atoms with Crippen LogP contribution in [0.15, 0.2) is 16.6 Å². The van der Waals surface area contributed by atoms with Gasteiger partial charge in [0, 0.05) is 17.1 Å². The molecule has 0 amide bonds. The van der Waals surface area contributed by atoms with Crippen molar-refractivity contribution in [1.82, 2.24) is 0 Å². The van der Waals surface area contributed by atoms with E-state index in [1.165, 1.54) is 23.2 Å². The highest BCUT2D eigenvalue weighted by molar-refractivity contribution is 9.10. The summed E-state index contributed by atoms with van der Waals surface area (Å²) in [7, 11) is 0. The fourth-order valence-electron chi connectivity index (χ4n) is 2.16. The van der Waals surface area contributed by atoms with Gasteiger partial charge in [0.25, 0.3) is 0 Å². The maximum absolute atomic E-state index is 5.48. The van der Waals surface area contributed by atoms with Gasteiger partial charge in [-0.3, -0.25) is 0 Å². The lowest BCUT2D eigenvalue weighted by Crippen LogP contribution is -2.30. The van der Waals surface area contributed by atoms with E-state index < -0.39 is 0 Å². The highest BCUT2D eigenvalue weighted by Gasteiger charge is 2.15. The summed E-state index contributed by atoms with van der Waals surface area (Å²) in [4.78, 5) is 0. The molecule has 2 nitrogen and oxygen atoms in total. The van der Waals surface area contributed by atoms with Gasteiger partial charge in [0.1, 0.15) is 0 Å². The molecule has 1 N–H and O–H groups in total. The van der Waals surface area contributed by atoms with Gasteiger partial charge in [-0.05, 0) is 59.8 Å². The van der Waals surface area contributed by atoms with Crippen LogP contribution < -0.4 is 5.32 Å². The summed E-state index contributed by atoms with van der Waals surface area (Å²) < 4.78 is 6.63. The molecule has 1 atom stereocenters. The van der Waals surface area contributed by atoms with Gasteiger partial charge >= 0.3 is 0 Å². The van der Waals surface area contributed by atoms with Crippen LogP contribution in [0.1, 0.15) is 24.0 Å². The third-order valence-electron chi connectivity index (χ3n) is 2.94. The molecule has 1 heterocycles. The second-order valence-electron chi connectivity index (χ2n) is 4.50. The third-order valence-corrected chi connectivity index (χ3v) is 3.57. The van der Waals surface area contributed by atoms with Gasteiger partial charge in [0.2, 0.25) is 0 Å². The largest absolute Gasteiger partial charge is 0.379 e. The molecule has 3 heteroatoms. The summed E-state index contributed by atoms with van der Waals surface area (Å²) in [6.07, 6.45) is 2.35. The van der Waals surface area contributed by atoms with Crippen LogP contribution in [0.5, 0.6) is 0 Å². The summed E-state index contributed by atoms with van der Waals surface area (Å²) in [6, 6.07) is 4.81. The minimum Gasteiger partial charge on any atom is -0.379 e. The SMILES string of the molecule is Cc1cc(C)c(NC2CCCOC2)c(Br)c1. The van der Waals surface area contributed by atoms with Gasteiger partial charge in [-0.25, -0.2) is 0 Å². The number of nitrogens with one attached hydrogen (secondary N) is 1. The van der Waals surface area contributed by atoms with Crippen molar-refractivity contribution >= 4 is 21.6 Å². The number of ether oxygens (including phenoxy) is 1. The molecule has 1 aromatic rings. The molecule has 1 aliphatic heterocycles. The van der Waals surface area contributed by atoms with Crippen molar-refractivity contribution in [3.8, 4) is 0 Å². The van der Waals surface area contributed by atoms with Gasteiger partial charge in [-0.15, -0.1) is 0 Å². The number of hydrogen-bond acceptors (Lipinski definition) is 2. The van der Waals surface area contributed by atoms with Gasteiger partial charge in [-0.1, -0.05) is 6.07 Å². The Morgan fingerprint density at radius 1 is 1.38 bits per heavy atom. The summed E-state index contributed by atoms with van der Waals surface area (Å²) in [5, 5.41) is 3.57. The molecule has 2 rings (SSSR count). The lowest BCUT2D eigenvalue weighted by molar-refractivity contribution is 0.0876. The zero-order chi connectivity index (χ0) is 11.5. The fraction of sp³-hybridized carbons (Fsp3) is 0.538. The van der Waals surface area contributed by atoms with E-state index in [2.05, 4.69) is 47.2 Å². The molecular weight excluding hydrogens is 266 g/mol. The summed E-state index contributed by atoms with van der Waals surface area (Å²) in [6.45, 7) is 5.99. The Labute approximate surface area is 106 Å². The quantitative estimate of drug-likeness (QED) is 0.895. The standard InChI is InChI=1S/C13H18BrNO/c1-9-6-10(2)13(12(14)7-9)15-11-4-3-5-16-8-11/h6-7,11,15H,3-5,8H2,1-2H3. The molecule has 0 bridgehead atoms. The van der Waals surface area contributed by atoms with Crippen LogP contribution in [0.3, 0.4) is 0 Å². The Balaban J connectivity index is 2.14. The van der Waals surface area contributed by atoms with Crippen LogP contribution in [0, 0.1) is 13.8 Å². The highest BCUT2D eigenvalue weighted by atomic mass is 79.9. The highest BCUT2D eigenvalue weighted by Crippen LogP contribution is 2.29. The maximum Gasteiger partial charge on any atom is 0.0667 e. The van der Waals surface area contributed by atoms with E-state index in [9.17, 15) is 0 Å². The van der Waals surface area contributed by atoms with E-state index in [0.29, 0.717) is 6.04 Å². The molecule has 0 aliphatic carbocycles. The number of hydrogen-bond donors (Lipinski definition) is 1. The van der Waals surface area contributed by atoms with Crippen LogP contribution in [0.4, 0.5) is 5.69 Å². The normalized spacial score (nSPS) is 20.8. The lowest BCUT2D eigenvalue weighted by atomic mass is 10.1. The Morgan fingerprint density at radius 2 is 2.19 bits per heavy atom. The lowest BCUT2D eigenvalue weighted by Gasteiger charge is -2.25. The van der Waals surface area contributed by atoms with Crippen molar-refractivity contribution in [2.24, 2.45) is 0 Å². The minimum absolute atomic E-state index is 0.450. The molecule has 1 unspecified atom stereocenters. The smallest absolute Gasteiger partial charge is 0.0667 e. The second-order valence-corrected chi connectivity index (χ2v) is 5.35. The van der Waals surface area contributed by atoms with Gasteiger partial charge in [-0.2, -0.15) is 0 Å². The molecule has 0 saturated carbocycles. The van der Waals surface area contributed by atoms with Crippen molar-refractivity contribution in [2.75, 3.05) is 18.5 Å². The molecule has 16 heavy (non-hydrogen) atoms. The summed E-state index contributed by atoms with van der Waals surface area (Å²) in [5.41, 5.74) is 3.79. The first-order valence-electron chi connectivity index (χ1n) is 5.78. The fourth-order valence-corrected chi connectivity index (χ4v) is 2.95. The molecule has 0 spiro atoms. The van der Waals surface area contributed by atoms with E-state index in [1.54, 1.807) is 0 Å². The van der Waals surface area contributed by atoms with Crippen molar-refractivity contribution in [2.45, 2.75) is 32.7 Å². The first-order valence-corrected chi connectivity index (χ1v) is 6.57. The van der Waals surface area contributed by atoms with Crippen molar-refractivity contribution in [3.63, 3.8) is 0 Å². The van der Waals surface area contributed by atoms with Gasteiger partial charge in [0.05, 0.1) is 12.3 Å². The number of anilines is 1. The molecular formula is C13H18BrNO. The molecule has 0 aromatic heterocycles. The minimum atomic E-state index is 0.450. The van der Waals surface area contributed by atoms with E-state index in [-0.39, 0.29) is 0 Å². The Hall–Kier alpha value is -0.540. The van der Waals surface area contributed by atoms with Gasteiger partial charge < -0.3 is 10.1 Å². The summed E-state index contributed by atoms with van der Waals surface area (Å²) >= 11 is 3.62. The van der Waals surface area contributed by atoms with E-state index in [1.807, 2.05) is 0 Å². The molecule has 1 aliphatic rings. The van der Waals surface area contributed by atoms with E-state index >= 15 is 0 Å². The zero-order valence-corrected chi connectivity index (χ0v) is 11.4. The van der Waals surface area contributed by atoms with Crippen LogP contribution in [0.2, 0.25) is 0 Å². The first-order chi connectivity index (χ1) is 7.66. The molecule has 0 radical (unpaired) electrons. The van der Waals surface area contributed by atoms with Crippen LogP contribution >= 0.6 is 15.9 Å².